The fourth-order valence-electron chi connectivity index (χ4n) is 3.44. The van der Waals surface area contributed by atoms with E-state index in [2.05, 4.69) is 34.4 Å². The highest BCUT2D eigenvalue weighted by Gasteiger charge is 2.19. The van der Waals surface area contributed by atoms with E-state index in [1.54, 1.807) is 0 Å². The Morgan fingerprint density at radius 2 is 1.96 bits per heavy atom. The number of hydrogen-bond donors (Lipinski definition) is 2. The fraction of sp³-hybridized carbons (Fsp3) is 0.882. The molecule has 1 aliphatic heterocycles. The molecule has 0 spiro atoms. The second kappa shape index (κ2) is 11.1. The van der Waals surface area contributed by atoms with Crippen LogP contribution in [-0.2, 0) is 4.79 Å². The summed E-state index contributed by atoms with van der Waals surface area (Å²) in [4.78, 5) is 18.9. The van der Waals surface area contributed by atoms with Crippen LogP contribution in [0.3, 0.4) is 0 Å². The van der Waals surface area contributed by atoms with Crippen molar-refractivity contribution in [1.29, 1.82) is 0 Å². The van der Waals surface area contributed by atoms with E-state index in [1.165, 1.54) is 25.7 Å². The molecule has 1 unspecified atom stereocenters. The van der Waals surface area contributed by atoms with Crippen LogP contribution in [0.4, 0.5) is 0 Å². The zero-order valence-corrected chi connectivity index (χ0v) is 17.0. The van der Waals surface area contributed by atoms with E-state index < -0.39 is 0 Å². The van der Waals surface area contributed by atoms with Gasteiger partial charge in [-0.1, -0.05) is 19.8 Å². The average Bonchev–Trinajstić information content (AvgIpc) is 2.99. The first-order valence-electron chi connectivity index (χ1n) is 9.01. The van der Waals surface area contributed by atoms with Gasteiger partial charge in [-0.15, -0.1) is 24.0 Å². The molecular formula is C17H33IN4O. The molecular weight excluding hydrogens is 403 g/mol. The summed E-state index contributed by atoms with van der Waals surface area (Å²) >= 11 is 0. The van der Waals surface area contributed by atoms with E-state index in [0.29, 0.717) is 19.0 Å². The molecule has 6 heteroatoms. The van der Waals surface area contributed by atoms with Crippen molar-refractivity contribution in [1.82, 2.24) is 15.5 Å². The molecule has 1 aliphatic carbocycles. The van der Waals surface area contributed by atoms with Crippen molar-refractivity contribution in [3.63, 3.8) is 0 Å². The molecule has 5 nitrogen and oxygen atoms in total. The zero-order valence-electron chi connectivity index (χ0n) is 14.6. The number of amides is 1. The Morgan fingerprint density at radius 3 is 2.61 bits per heavy atom. The molecule has 2 N–H and O–H groups in total. The molecule has 134 valence electrons. The van der Waals surface area contributed by atoms with Crippen molar-refractivity contribution in [3.8, 4) is 0 Å². The minimum Gasteiger partial charge on any atom is -0.357 e. The maximum Gasteiger partial charge on any atom is 0.222 e. The van der Waals surface area contributed by atoms with Crippen molar-refractivity contribution >= 4 is 35.8 Å². The van der Waals surface area contributed by atoms with Gasteiger partial charge < -0.3 is 15.5 Å². The summed E-state index contributed by atoms with van der Waals surface area (Å²) in [5.41, 5.74) is 0. The van der Waals surface area contributed by atoms with Crippen LogP contribution in [0, 0.1) is 5.92 Å². The Labute approximate surface area is 158 Å². The lowest BCUT2D eigenvalue weighted by molar-refractivity contribution is -0.121. The highest BCUT2D eigenvalue weighted by Crippen LogP contribution is 2.17. The number of nitrogens with one attached hydrogen (secondary N) is 2. The van der Waals surface area contributed by atoms with Crippen LogP contribution in [0.5, 0.6) is 0 Å². The first-order valence-corrected chi connectivity index (χ1v) is 9.01. The van der Waals surface area contributed by atoms with Crippen LogP contribution in [0.1, 0.15) is 58.8 Å². The summed E-state index contributed by atoms with van der Waals surface area (Å²) in [6, 6.07) is 0.410. The largest absolute Gasteiger partial charge is 0.357 e. The molecule has 1 atom stereocenters. The van der Waals surface area contributed by atoms with Gasteiger partial charge >= 0.3 is 0 Å². The molecule has 0 bridgehead atoms. The standard InChI is InChI=1S/C17H32N4O.HI/c1-3-18-17(21-12-6-7-14(2)13-21)19-11-10-16(22)20-15-8-4-5-9-15;/h14-15H,3-13H2,1-2H3,(H,18,19)(H,20,22);1H. The predicted octanol–water partition coefficient (Wildman–Crippen LogP) is 2.75. The van der Waals surface area contributed by atoms with Gasteiger partial charge in [-0.25, -0.2) is 0 Å². The molecule has 1 amide bonds. The van der Waals surface area contributed by atoms with Crippen LogP contribution < -0.4 is 10.6 Å². The number of halogens is 1. The van der Waals surface area contributed by atoms with Crippen molar-refractivity contribution in [2.75, 3.05) is 26.2 Å². The maximum atomic E-state index is 12.0. The van der Waals surface area contributed by atoms with E-state index in [0.717, 1.165) is 44.4 Å². The predicted molar refractivity (Wildman–Crippen MR) is 106 cm³/mol. The second-order valence-corrected chi connectivity index (χ2v) is 6.73. The first kappa shape index (κ1) is 20.5. The topological polar surface area (TPSA) is 56.7 Å². The van der Waals surface area contributed by atoms with E-state index in [9.17, 15) is 4.79 Å². The van der Waals surface area contributed by atoms with Gasteiger partial charge in [0.15, 0.2) is 5.96 Å². The SMILES string of the molecule is CCNC(=NCCC(=O)NC1CCCC1)N1CCCC(C)C1.I. The van der Waals surface area contributed by atoms with Crippen LogP contribution >= 0.6 is 24.0 Å². The van der Waals surface area contributed by atoms with Gasteiger partial charge in [0, 0.05) is 32.1 Å². The average molecular weight is 436 g/mol. The summed E-state index contributed by atoms with van der Waals surface area (Å²) < 4.78 is 0. The maximum absolute atomic E-state index is 12.0. The Bertz CT molecular complexity index is 383. The summed E-state index contributed by atoms with van der Waals surface area (Å²) in [7, 11) is 0. The van der Waals surface area contributed by atoms with Crippen molar-refractivity contribution in [2.24, 2.45) is 10.9 Å². The van der Waals surface area contributed by atoms with Gasteiger partial charge in [0.2, 0.25) is 5.91 Å². The minimum atomic E-state index is 0. The minimum absolute atomic E-state index is 0. The van der Waals surface area contributed by atoms with Crippen LogP contribution in [0.2, 0.25) is 0 Å². The Kier molecular flexibility index (Phi) is 9.90. The van der Waals surface area contributed by atoms with Crippen LogP contribution in [-0.4, -0.2) is 49.0 Å². The van der Waals surface area contributed by atoms with Gasteiger partial charge in [-0.2, -0.15) is 0 Å². The van der Waals surface area contributed by atoms with Crippen LogP contribution in [0.15, 0.2) is 4.99 Å². The third-order valence-electron chi connectivity index (χ3n) is 4.61. The van der Waals surface area contributed by atoms with Gasteiger partial charge in [0.25, 0.3) is 0 Å². The van der Waals surface area contributed by atoms with E-state index in [1.807, 2.05) is 0 Å². The number of guanidine groups is 1. The van der Waals surface area contributed by atoms with E-state index >= 15 is 0 Å². The number of aliphatic imine (C=N–C) groups is 1. The quantitative estimate of drug-likeness (QED) is 0.396. The molecule has 1 saturated heterocycles. The third-order valence-corrected chi connectivity index (χ3v) is 4.61. The molecule has 0 aromatic carbocycles. The lowest BCUT2D eigenvalue weighted by atomic mass is 10.0. The molecule has 0 radical (unpaired) electrons. The molecule has 0 aromatic rings. The first-order chi connectivity index (χ1) is 10.7. The summed E-state index contributed by atoms with van der Waals surface area (Å²) in [6.45, 7) is 7.98. The molecule has 1 saturated carbocycles. The Morgan fingerprint density at radius 1 is 1.22 bits per heavy atom. The summed E-state index contributed by atoms with van der Waals surface area (Å²) in [5, 5.41) is 6.49. The number of rotatable bonds is 5. The van der Waals surface area contributed by atoms with E-state index in [4.69, 9.17) is 0 Å². The number of carbonyl (C=O) groups excluding carboxylic acids is 1. The van der Waals surface area contributed by atoms with Gasteiger partial charge in [-0.05, 0) is 38.5 Å². The van der Waals surface area contributed by atoms with Gasteiger partial charge in [0.1, 0.15) is 0 Å². The normalized spacial score (nSPS) is 22.6. The number of piperidine rings is 1. The molecule has 2 rings (SSSR count). The Balaban J connectivity index is 0.00000264. The molecule has 23 heavy (non-hydrogen) atoms. The summed E-state index contributed by atoms with van der Waals surface area (Å²) in [6.07, 6.45) is 7.82. The lowest BCUT2D eigenvalue weighted by Crippen LogP contribution is -2.46. The van der Waals surface area contributed by atoms with Crippen LogP contribution in [0.25, 0.3) is 0 Å². The molecule has 2 aliphatic rings. The summed E-state index contributed by atoms with van der Waals surface area (Å²) in [5.74, 6) is 1.85. The number of likely N-dealkylation sites (tertiary alicyclic amines) is 1. The van der Waals surface area contributed by atoms with E-state index in [-0.39, 0.29) is 29.9 Å². The number of nitrogens with zero attached hydrogens (tertiary/aromatic N) is 2. The van der Waals surface area contributed by atoms with Gasteiger partial charge in [0.05, 0.1) is 6.54 Å². The van der Waals surface area contributed by atoms with Gasteiger partial charge in [-0.3, -0.25) is 9.79 Å². The monoisotopic (exact) mass is 436 g/mol. The van der Waals surface area contributed by atoms with Crippen molar-refractivity contribution in [3.05, 3.63) is 0 Å². The highest BCUT2D eigenvalue weighted by atomic mass is 127. The molecule has 2 fully saturated rings. The lowest BCUT2D eigenvalue weighted by Gasteiger charge is -2.33. The number of carbonyl (C=O) groups is 1. The smallest absolute Gasteiger partial charge is 0.222 e. The zero-order chi connectivity index (χ0) is 15.8. The third kappa shape index (κ3) is 7.27. The van der Waals surface area contributed by atoms with Crippen molar-refractivity contribution < 1.29 is 4.79 Å². The molecule has 1 heterocycles. The van der Waals surface area contributed by atoms with Crippen molar-refractivity contribution in [2.45, 2.75) is 64.8 Å². The molecule has 0 aromatic heterocycles. The number of hydrogen-bond acceptors (Lipinski definition) is 2. The fourth-order valence-corrected chi connectivity index (χ4v) is 3.44. The Hall–Kier alpha value is -0.530. The highest BCUT2D eigenvalue weighted by molar-refractivity contribution is 14.0. The second-order valence-electron chi connectivity index (χ2n) is 6.73.